The van der Waals surface area contributed by atoms with Crippen LogP contribution in [-0.2, 0) is 16.7 Å². The molecule has 0 amide bonds. The number of aromatic carboxylic acids is 1. The molecule has 0 aliphatic heterocycles. The number of carbonyl (C=O) groups is 1. The summed E-state index contributed by atoms with van der Waals surface area (Å²) in [5.74, 6) is 0.319. The van der Waals surface area contributed by atoms with E-state index in [1.54, 1.807) is 14.2 Å². The van der Waals surface area contributed by atoms with Gasteiger partial charge in [-0.05, 0) is 40.3 Å². The van der Waals surface area contributed by atoms with Gasteiger partial charge in [-0.2, -0.15) is 0 Å². The molecule has 0 aliphatic carbocycles. The second kappa shape index (κ2) is 10.5. The Balaban J connectivity index is 1.84. The number of hydrogen-bond acceptors (Lipinski definition) is 4. The highest BCUT2D eigenvalue weighted by molar-refractivity contribution is 6.08. The molecule has 3 aromatic carbocycles. The normalized spacial score (nSPS) is 11.6. The zero-order chi connectivity index (χ0) is 25.9. The SMILES string of the molecule is COCCOc1cc(Cn2c(C(=O)O)c(-c3ccc(C(C)(C)C)cc3)c3ccccc32)cc(OC)c1. The van der Waals surface area contributed by atoms with E-state index in [1.807, 2.05) is 59.2 Å². The number of aromatic nitrogens is 1. The molecule has 0 atom stereocenters. The first-order chi connectivity index (χ1) is 17.2. The minimum Gasteiger partial charge on any atom is -0.497 e. The maximum Gasteiger partial charge on any atom is 0.353 e. The van der Waals surface area contributed by atoms with E-state index < -0.39 is 5.97 Å². The smallest absolute Gasteiger partial charge is 0.353 e. The summed E-state index contributed by atoms with van der Waals surface area (Å²) in [6.07, 6.45) is 0. The van der Waals surface area contributed by atoms with Gasteiger partial charge in [-0.15, -0.1) is 0 Å². The van der Waals surface area contributed by atoms with E-state index in [0.29, 0.717) is 31.3 Å². The fraction of sp³-hybridized carbons (Fsp3) is 0.300. The Morgan fingerprint density at radius 1 is 0.917 bits per heavy atom. The van der Waals surface area contributed by atoms with Crippen molar-refractivity contribution in [1.82, 2.24) is 4.57 Å². The van der Waals surface area contributed by atoms with E-state index in [0.717, 1.165) is 27.6 Å². The first-order valence-corrected chi connectivity index (χ1v) is 12.0. The van der Waals surface area contributed by atoms with E-state index in [1.165, 1.54) is 5.56 Å². The predicted molar refractivity (Wildman–Crippen MR) is 143 cm³/mol. The van der Waals surface area contributed by atoms with Gasteiger partial charge in [0.1, 0.15) is 23.8 Å². The highest BCUT2D eigenvalue weighted by Crippen LogP contribution is 2.37. The van der Waals surface area contributed by atoms with Gasteiger partial charge >= 0.3 is 5.97 Å². The lowest BCUT2D eigenvalue weighted by Crippen LogP contribution is -2.12. The molecule has 6 heteroatoms. The highest BCUT2D eigenvalue weighted by atomic mass is 16.5. The molecule has 0 aliphatic rings. The Kier molecular flexibility index (Phi) is 7.36. The van der Waals surface area contributed by atoms with Crippen molar-refractivity contribution in [1.29, 1.82) is 0 Å². The monoisotopic (exact) mass is 487 g/mol. The summed E-state index contributed by atoms with van der Waals surface area (Å²) < 4.78 is 18.2. The maximum absolute atomic E-state index is 12.7. The van der Waals surface area contributed by atoms with Crippen LogP contribution in [0.25, 0.3) is 22.0 Å². The number of ether oxygens (including phenoxy) is 3. The first-order valence-electron chi connectivity index (χ1n) is 12.0. The minimum absolute atomic E-state index is 0.0115. The summed E-state index contributed by atoms with van der Waals surface area (Å²) in [6.45, 7) is 7.72. The molecule has 36 heavy (non-hydrogen) atoms. The summed E-state index contributed by atoms with van der Waals surface area (Å²) in [4.78, 5) is 12.7. The molecule has 0 radical (unpaired) electrons. The van der Waals surface area contributed by atoms with Gasteiger partial charge in [-0.1, -0.05) is 63.2 Å². The topological polar surface area (TPSA) is 69.9 Å². The Bertz CT molecular complexity index is 1360. The van der Waals surface area contributed by atoms with Crippen LogP contribution in [0.2, 0.25) is 0 Å². The average Bonchev–Trinajstić information content (AvgIpc) is 3.18. The van der Waals surface area contributed by atoms with Crippen molar-refractivity contribution < 1.29 is 24.1 Å². The number of methoxy groups -OCH3 is 2. The number of carboxylic acid groups (broad SMARTS) is 1. The average molecular weight is 488 g/mol. The van der Waals surface area contributed by atoms with E-state index in [9.17, 15) is 9.90 Å². The van der Waals surface area contributed by atoms with E-state index in [4.69, 9.17) is 14.2 Å². The minimum atomic E-state index is -0.972. The fourth-order valence-corrected chi connectivity index (χ4v) is 4.47. The molecular formula is C30H33NO5. The molecule has 0 saturated carbocycles. The van der Waals surface area contributed by atoms with Gasteiger partial charge < -0.3 is 23.9 Å². The number of carboxylic acids is 1. The molecule has 1 aromatic heterocycles. The van der Waals surface area contributed by atoms with Crippen molar-refractivity contribution in [2.24, 2.45) is 0 Å². The van der Waals surface area contributed by atoms with Gasteiger partial charge in [0.2, 0.25) is 0 Å². The molecule has 0 spiro atoms. The van der Waals surface area contributed by atoms with Crippen molar-refractivity contribution in [3.05, 3.63) is 83.6 Å². The van der Waals surface area contributed by atoms with Crippen LogP contribution in [0.1, 0.15) is 42.4 Å². The third kappa shape index (κ3) is 5.24. The highest BCUT2D eigenvalue weighted by Gasteiger charge is 2.24. The zero-order valence-corrected chi connectivity index (χ0v) is 21.5. The Hall–Kier alpha value is -3.77. The van der Waals surface area contributed by atoms with Crippen LogP contribution in [0.5, 0.6) is 11.5 Å². The largest absolute Gasteiger partial charge is 0.497 e. The van der Waals surface area contributed by atoms with Gasteiger partial charge in [0.25, 0.3) is 0 Å². The summed E-state index contributed by atoms with van der Waals surface area (Å²) in [5, 5.41) is 11.3. The molecule has 1 heterocycles. The number of fused-ring (bicyclic) bond motifs is 1. The summed E-state index contributed by atoms with van der Waals surface area (Å²) in [5.41, 5.74) is 4.79. The lowest BCUT2D eigenvalue weighted by atomic mass is 9.86. The molecule has 188 valence electrons. The number of hydrogen-bond donors (Lipinski definition) is 1. The molecule has 1 N–H and O–H groups in total. The lowest BCUT2D eigenvalue weighted by Gasteiger charge is -2.19. The van der Waals surface area contributed by atoms with Crippen molar-refractivity contribution in [3.8, 4) is 22.6 Å². The summed E-state index contributed by atoms with van der Waals surface area (Å²) in [7, 11) is 3.23. The van der Waals surface area contributed by atoms with Crippen LogP contribution < -0.4 is 9.47 Å². The van der Waals surface area contributed by atoms with Gasteiger partial charge in [-0.25, -0.2) is 4.79 Å². The molecule has 0 bridgehead atoms. The first kappa shape index (κ1) is 25.3. The van der Waals surface area contributed by atoms with Crippen LogP contribution in [-0.4, -0.2) is 43.1 Å². The van der Waals surface area contributed by atoms with Crippen molar-refractivity contribution in [3.63, 3.8) is 0 Å². The number of nitrogens with zero attached hydrogens (tertiary/aromatic N) is 1. The van der Waals surface area contributed by atoms with Crippen LogP contribution in [0.4, 0.5) is 0 Å². The number of rotatable bonds is 9. The van der Waals surface area contributed by atoms with E-state index in [2.05, 4.69) is 32.9 Å². The van der Waals surface area contributed by atoms with E-state index in [-0.39, 0.29) is 11.1 Å². The second-order valence-electron chi connectivity index (χ2n) is 9.82. The van der Waals surface area contributed by atoms with Gasteiger partial charge in [0.05, 0.1) is 13.7 Å². The molecule has 0 unspecified atom stereocenters. The van der Waals surface area contributed by atoms with E-state index >= 15 is 0 Å². The fourth-order valence-electron chi connectivity index (χ4n) is 4.47. The maximum atomic E-state index is 12.7. The van der Waals surface area contributed by atoms with Crippen LogP contribution in [0.3, 0.4) is 0 Å². The summed E-state index contributed by atoms with van der Waals surface area (Å²) in [6, 6.07) is 21.7. The molecule has 4 rings (SSSR count). The lowest BCUT2D eigenvalue weighted by molar-refractivity contribution is 0.0687. The van der Waals surface area contributed by atoms with Crippen LogP contribution in [0, 0.1) is 0 Å². The van der Waals surface area contributed by atoms with Crippen molar-refractivity contribution in [2.45, 2.75) is 32.7 Å². The quantitative estimate of drug-likeness (QED) is 0.277. The van der Waals surface area contributed by atoms with Gasteiger partial charge in [-0.3, -0.25) is 0 Å². The Morgan fingerprint density at radius 3 is 2.25 bits per heavy atom. The van der Waals surface area contributed by atoms with Crippen LogP contribution in [0.15, 0.2) is 66.7 Å². The van der Waals surface area contributed by atoms with Crippen molar-refractivity contribution >= 4 is 16.9 Å². The molecule has 0 saturated heterocycles. The summed E-state index contributed by atoms with van der Waals surface area (Å²) >= 11 is 0. The van der Waals surface area contributed by atoms with Gasteiger partial charge in [0.15, 0.2) is 0 Å². The predicted octanol–water partition coefficient (Wildman–Crippen LogP) is 6.39. The number of benzene rings is 3. The third-order valence-electron chi connectivity index (χ3n) is 6.29. The third-order valence-corrected chi connectivity index (χ3v) is 6.29. The molecule has 6 nitrogen and oxygen atoms in total. The van der Waals surface area contributed by atoms with Crippen molar-refractivity contribution in [2.75, 3.05) is 27.4 Å². The number of para-hydroxylation sites is 1. The Morgan fingerprint density at radius 2 is 1.61 bits per heavy atom. The Labute approximate surface area is 212 Å². The van der Waals surface area contributed by atoms with Crippen LogP contribution >= 0.6 is 0 Å². The molecular weight excluding hydrogens is 454 g/mol. The van der Waals surface area contributed by atoms with Gasteiger partial charge in [0, 0.05) is 36.2 Å². The standard InChI is InChI=1S/C30H33NO5/c1-30(2,3)22-12-10-21(11-13-22)27-25-8-6-7-9-26(25)31(28(27)29(32)33)19-20-16-23(35-5)18-24(17-20)36-15-14-34-4/h6-13,16-18H,14-15,19H2,1-5H3,(H,32,33). The zero-order valence-electron chi connectivity index (χ0n) is 21.5. The molecule has 0 fully saturated rings. The molecule has 4 aromatic rings. The second-order valence-corrected chi connectivity index (χ2v) is 9.82.